The van der Waals surface area contributed by atoms with Crippen LogP contribution >= 0.6 is 0 Å². The zero-order valence-corrected chi connectivity index (χ0v) is 12.6. The van der Waals surface area contributed by atoms with E-state index < -0.39 is 11.8 Å². The number of H-pyrrole nitrogens is 2. The number of hydrogen-bond acceptors (Lipinski definition) is 2. The first kappa shape index (κ1) is 14.1. The van der Waals surface area contributed by atoms with Crippen LogP contribution in [-0.2, 0) is 0 Å². The van der Waals surface area contributed by atoms with Crippen LogP contribution in [0.3, 0.4) is 0 Å². The van der Waals surface area contributed by atoms with E-state index in [0.717, 1.165) is 21.8 Å². The summed E-state index contributed by atoms with van der Waals surface area (Å²) in [5.74, 6) is -0.814. The van der Waals surface area contributed by atoms with E-state index in [9.17, 15) is 9.59 Å². The molecule has 2 aromatic heterocycles. The second kappa shape index (κ2) is 5.58. The van der Waals surface area contributed by atoms with Gasteiger partial charge in [-0.2, -0.15) is 0 Å². The monoisotopic (exact) mass is 318 g/mol. The van der Waals surface area contributed by atoms with E-state index in [4.69, 9.17) is 0 Å². The van der Waals surface area contributed by atoms with Gasteiger partial charge in [-0.1, -0.05) is 36.4 Å². The number of hydrogen-bond donors (Lipinski definition) is 4. The molecule has 0 aliphatic rings. The molecule has 0 saturated heterocycles. The van der Waals surface area contributed by atoms with Gasteiger partial charge < -0.3 is 9.97 Å². The topological polar surface area (TPSA) is 89.8 Å². The molecule has 0 bridgehead atoms. The Morgan fingerprint density at radius 1 is 0.667 bits per heavy atom. The molecule has 24 heavy (non-hydrogen) atoms. The van der Waals surface area contributed by atoms with E-state index in [1.54, 1.807) is 12.1 Å². The fourth-order valence-electron chi connectivity index (χ4n) is 2.64. The number of aromatic amines is 2. The van der Waals surface area contributed by atoms with Crippen LogP contribution in [0.25, 0.3) is 21.8 Å². The molecule has 4 N–H and O–H groups in total. The fraction of sp³-hybridized carbons (Fsp3) is 0. The number of fused-ring (bicyclic) bond motifs is 2. The maximum atomic E-state index is 12.2. The second-order valence-electron chi connectivity index (χ2n) is 5.45. The third-order valence-corrected chi connectivity index (χ3v) is 3.84. The number of benzene rings is 2. The van der Waals surface area contributed by atoms with E-state index in [-0.39, 0.29) is 0 Å². The highest BCUT2D eigenvalue weighted by molar-refractivity contribution is 6.02. The maximum Gasteiger partial charge on any atom is 0.286 e. The summed E-state index contributed by atoms with van der Waals surface area (Å²) in [4.78, 5) is 30.3. The standard InChI is InChI=1S/C18H14N4O2/c23-17(15-9-11-5-1-3-7-13(11)19-15)21-22-18(24)16-10-12-6-2-4-8-14(12)20-16/h1-10,19-20H,(H,21,23)(H,22,24). The normalized spacial score (nSPS) is 10.8. The average molecular weight is 318 g/mol. The van der Waals surface area contributed by atoms with Crippen molar-refractivity contribution in [2.75, 3.05) is 0 Å². The van der Waals surface area contributed by atoms with Gasteiger partial charge >= 0.3 is 0 Å². The molecule has 2 heterocycles. The van der Waals surface area contributed by atoms with Gasteiger partial charge in [0.15, 0.2) is 0 Å². The van der Waals surface area contributed by atoms with Gasteiger partial charge in [0, 0.05) is 21.8 Å². The Kier molecular flexibility index (Phi) is 3.28. The molecule has 0 spiro atoms. The lowest BCUT2D eigenvalue weighted by Gasteiger charge is -2.04. The molecule has 4 rings (SSSR count). The molecule has 0 aliphatic carbocycles. The van der Waals surface area contributed by atoms with Crippen molar-refractivity contribution in [2.45, 2.75) is 0 Å². The molecule has 0 atom stereocenters. The summed E-state index contributed by atoms with van der Waals surface area (Å²) in [6.07, 6.45) is 0. The third-order valence-electron chi connectivity index (χ3n) is 3.84. The SMILES string of the molecule is O=C(NNC(=O)c1cc2ccccc2[nH]1)c1cc2ccccc2[nH]1. The van der Waals surface area contributed by atoms with Crippen molar-refractivity contribution in [3.63, 3.8) is 0 Å². The van der Waals surface area contributed by atoms with Crippen LogP contribution < -0.4 is 10.9 Å². The zero-order valence-electron chi connectivity index (χ0n) is 12.6. The Labute approximate surface area is 136 Å². The molecule has 0 unspecified atom stereocenters. The first-order chi connectivity index (χ1) is 11.7. The van der Waals surface area contributed by atoms with Gasteiger partial charge in [-0.25, -0.2) is 0 Å². The van der Waals surface area contributed by atoms with Crippen LogP contribution in [-0.4, -0.2) is 21.8 Å². The van der Waals surface area contributed by atoms with Gasteiger partial charge in [0.2, 0.25) is 0 Å². The van der Waals surface area contributed by atoms with E-state index in [2.05, 4.69) is 20.8 Å². The largest absolute Gasteiger partial charge is 0.350 e. The lowest BCUT2D eigenvalue weighted by atomic mass is 10.2. The number of carbonyl (C=O) groups is 2. The number of hydrazine groups is 1. The Bertz CT molecular complexity index is 909. The Morgan fingerprint density at radius 3 is 1.50 bits per heavy atom. The fourth-order valence-corrected chi connectivity index (χ4v) is 2.64. The Balaban J connectivity index is 1.47. The van der Waals surface area contributed by atoms with Crippen molar-refractivity contribution in [3.8, 4) is 0 Å². The predicted octanol–water partition coefficient (Wildman–Crippen LogP) is 2.72. The molecule has 6 heteroatoms. The summed E-state index contributed by atoms with van der Waals surface area (Å²) in [5, 5.41) is 1.87. The first-order valence-corrected chi connectivity index (χ1v) is 7.47. The highest BCUT2D eigenvalue weighted by Gasteiger charge is 2.13. The molecular weight excluding hydrogens is 304 g/mol. The van der Waals surface area contributed by atoms with Crippen molar-refractivity contribution in [2.24, 2.45) is 0 Å². The van der Waals surface area contributed by atoms with Gasteiger partial charge in [0.05, 0.1) is 0 Å². The van der Waals surface area contributed by atoms with E-state index in [0.29, 0.717) is 11.4 Å². The zero-order chi connectivity index (χ0) is 16.5. The van der Waals surface area contributed by atoms with Crippen LogP contribution in [0, 0.1) is 0 Å². The summed E-state index contributed by atoms with van der Waals surface area (Å²) >= 11 is 0. The third kappa shape index (κ3) is 2.50. The van der Waals surface area contributed by atoms with Crippen molar-refractivity contribution in [3.05, 3.63) is 72.1 Å². The van der Waals surface area contributed by atoms with Gasteiger partial charge in [0.1, 0.15) is 11.4 Å². The molecule has 0 aliphatic heterocycles. The van der Waals surface area contributed by atoms with Crippen molar-refractivity contribution >= 4 is 33.6 Å². The van der Waals surface area contributed by atoms with Crippen molar-refractivity contribution in [1.82, 2.24) is 20.8 Å². The van der Waals surface area contributed by atoms with Gasteiger partial charge in [0.25, 0.3) is 11.8 Å². The predicted molar refractivity (Wildman–Crippen MR) is 91.5 cm³/mol. The molecule has 4 aromatic rings. The minimum atomic E-state index is -0.407. The summed E-state index contributed by atoms with van der Waals surface area (Å²) in [6, 6.07) is 18.6. The van der Waals surface area contributed by atoms with Crippen LogP contribution in [0.4, 0.5) is 0 Å². The summed E-state index contributed by atoms with van der Waals surface area (Å²) < 4.78 is 0. The molecule has 0 saturated carbocycles. The summed E-state index contributed by atoms with van der Waals surface area (Å²) in [6.45, 7) is 0. The lowest BCUT2D eigenvalue weighted by molar-refractivity contribution is 0.0842. The quantitative estimate of drug-likeness (QED) is 0.428. The first-order valence-electron chi connectivity index (χ1n) is 7.47. The molecule has 0 radical (unpaired) electrons. The summed E-state index contributed by atoms with van der Waals surface area (Å²) in [7, 11) is 0. The van der Waals surface area contributed by atoms with E-state index >= 15 is 0 Å². The molecule has 2 aromatic carbocycles. The van der Waals surface area contributed by atoms with Gasteiger partial charge in [-0.05, 0) is 24.3 Å². The number of amides is 2. The Morgan fingerprint density at radius 2 is 1.08 bits per heavy atom. The Hall–Kier alpha value is -3.54. The molecular formula is C18H14N4O2. The minimum Gasteiger partial charge on any atom is -0.350 e. The number of aromatic nitrogens is 2. The molecule has 0 fully saturated rings. The molecule has 6 nitrogen and oxygen atoms in total. The van der Waals surface area contributed by atoms with Crippen LogP contribution in [0.5, 0.6) is 0 Å². The number of nitrogens with one attached hydrogen (secondary N) is 4. The van der Waals surface area contributed by atoms with Crippen LogP contribution in [0.15, 0.2) is 60.7 Å². The van der Waals surface area contributed by atoms with Gasteiger partial charge in [-0.15, -0.1) is 0 Å². The average Bonchev–Trinajstić information content (AvgIpc) is 3.23. The second-order valence-corrected chi connectivity index (χ2v) is 5.45. The number of para-hydroxylation sites is 2. The number of rotatable bonds is 2. The summed E-state index contributed by atoms with van der Waals surface area (Å²) in [5.41, 5.74) is 7.32. The smallest absolute Gasteiger partial charge is 0.286 e. The highest BCUT2D eigenvalue weighted by Crippen LogP contribution is 2.15. The van der Waals surface area contributed by atoms with E-state index in [1.165, 1.54) is 0 Å². The van der Waals surface area contributed by atoms with E-state index in [1.807, 2.05) is 48.5 Å². The maximum absolute atomic E-state index is 12.2. The number of carbonyl (C=O) groups excluding carboxylic acids is 2. The van der Waals surface area contributed by atoms with Crippen molar-refractivity contribution in [1.29, 1.82) is 0 Å². The van der Waals surface area contributed by atoms with Crippen molar-refractivity contribution < 1.29 is 9.59 Å². The minimum absolute atomic E-state index is 0.383. The lowest BCUT2D eigenvalue weighted by Crippen LogP contribution is -2.41. The molecule has 118 valence electrons. The highest BCUT2D eigenvalue weighted by atomic mass is 16.2. The van der Waals surface area contributed by atoms with Gasteiger partial charge in [-0.3, -0.25) is 20.4 Å². The van der Waals surface area contributed by atoms with Crippen LogP contribution in [0.2, 0.25) is 0 Å². The van der Waals surface area contributed by atoms with Crippen LogP contribution in [0.1, 0.15) is 21.0 Å². The molecule has 2 amide bonds.